The van der Waals surface area contributed by atoms with Crippen molar-refractivity contribution in [2.24, 2.45) is 0 Å². The van der Waals surface area contributed by atoms with Crippen LogP contribution in [0.4, 0.5) is 15.9 Å². The van der Waals surface area contributed by atoms with Crippen molar-refractivity contribution in [1.29, 1.82) is 0 Å². The van der Waals surface area contributed by atoms with Crippen LogP contribution in [0.3, 0.4) is 0 Å². The smallest absolute Gasteiger partial charge is 0.229 e. The summed E-state index contributed by atoms with van der Waals surface area (Å²) in [5, 5.41) is 4.72. The van der Waals surface area contributed by atoms with Gasteiger partial charge in [-0.3, -0.25) is 9.52 Å². The van der Waals surface area contributed by atoms with Crippen LogP contribution in [-0.4, -0.2) is 40.2 Å². The first-order valence-electron chi connectivity index (χ1n) is 11.4. The van der Waals surface area contributed by atoms with E-state index < -0.39 is 21.6 Å². The number of carbonyl (C=O) groups excluding carboxylic acids is 1. The van der Waals surface area contributed by atoms with Gasteiger partial charge in [0.15, 0.2) is 0 Å². The third-order valence-corrected chi connectivity index (χ3v) is 6.48. The molecule has 0 amide bonds. The van der Waals surface area contributed by atoms with Gasteiger partial charge in [0.2, 0.25) is 21.7 Å². The van der Waals surface area contributed by atoms with E-state index in [0.29, 0.717) is 28.2 Å². The van der Waals surface area contributed by atoms with Crippen LogP contribution in [0.2, 0.25) is 0 Å². The van der Waals surface area contributed by atoms with Crippen molar-refractivity contribution in [3.63, 3.8) is 0 Å². The molecule has 5 rings (SSSR count). The molecule has 0 atom stereocenters. The Labute approximate surface area is 217 Å². The minimum absolute atomic E-state index is 0.0942. The second kappa shape index (κ2) is 9.30. The zero-order chi connectivity index (χ0) is 27.2. The van der Waals surface area contributed by atoms with Gasteiger partial charge in [-0.15, -0.1) is 0 Å². The van der Waals surface area contributed by atoms with Gasteiger partial charge in [0.25, 0.3) is 0 Å². The molecule has 4 N–H and O–H groups in total. The Morgan fingerprint density at radius 2 is 1.87 bits per heavy atom. The Morgan fingerprint density at radius 1 is 1.11 bits per heavy atom. The van der Waals surface area contributed by atoms with Crippen molar-refractivity contribution in [2.45, 2.75) is 13.8 Å². The van der Waals surface area contributed by atoms with Crippen molar-refractivity contribution in [2.75, 3.05) is 16.7 Å². The van der Waals surface area contributed by atoms with E-state index in [9.17, 15) is 17.6 Å². The zero-order valence-electron chi connectivity index (χ0n) is 20.6. The average molecular weight is 535 g/mol. The SMILES string of the molecule is Cc1ccccc1Oc1cc(C)c(-n2ncc(C(=O)c3cc4cc(NS(C)(=O)=O)c(F)cc4[nH]3)c2N)cn1. The molecule has 5 aromatic rings. The summed E-state index contributed by atoms with van der Waals surface area (Å²) in [7, 11) is -3.68. The van der Waals surface area contributed by atoms with E-state index in [4.69, 9.17) is 10.5 Å². The highest BCUT2D eigenvalue weighted by atomic mass is 32.2. The molecule has 12 heteroatoms. The van der Waals surface area contributed by atoms with E-state index in [1.807, 2.05) is 38.1 Å². The first-order valence-corrected chi connectivity index (χ1v) is 13.3. The number of rotatable bonds is 7. The Kier molecular flexibility index (Phi) is 6.11. The number of H-pyrrole nitrogens is 1. The number of hydrogen-bond donors (Lipinski definition) is 3. The van der Waals surface area contributed by atoms with E-state index in [1.54, 1.807) is 12.3 Å². The van der Waals surface area contributed by atoms with Gasteiger partial charge in [-0.25, -0.2) is 22.5 Å². The van der Waals surface area contributed by atoms with Crippen LogP contribution in [-0.2, 0) is 10.0 Å². The lowest BCUT2D eigenvalue weighted by Crippen LogP contribution is -2.10. The number of nitrogens with zero attached hydrogens (tertiary/aromatic N) is 3. The quantitative estimate of drug-likeness (QED) is 0.261. The molecule has 0 spiro atoms. The summed E-state index contributed by atoms with van der Waals surface area (Å²) < 4.78 is 46.8. The number of ketones is 1. The number of carbonyl (C=O) groups is 1. The molecule has 3 aromatic heterocycles. The summed E-state index contributed by atoms with van der Waals surface area (Å²) in [6, 6.07) is 13.3. The first kappa shape index (κ1) is 25.0. The molecule has 3 heterocycles. The number of pyridine rings is 1. The minimum Gasteiger partial charge on any atom is -0.439 e. The molecule has 0 bridgehead atoms. The van der Waals surface area contributed by atoms with Gasteiger partial charge in [0.05, 0.1) is 41.3 Å². The fourth-order valence-corrected chi connectivity index (χ4v) is 4.56. The molecule has 0 fully saturated rings. The van der Waals surface area contributed by atoms with Crippen LogP contribution in [0.1, 0.15) is 27.2 Å². The number of nitrogens with two attached hydrogens (primary N) is 1. The van der Waals surface area contributed by atoms with E-state index >= 15 is 0 Å². The number of ether oxygens (including phenoxy) is 1. The average Bonchev–Trinajstić information content (AvgIpc) is 3.43. The third kappa shape index (κ3) is 4.81. The summed E-state index contributed by atoms with van der Waals surface area (Å²) in [5.41, 5.74) is 8.98. The number of nitrogens with one attached hydrogen (secondary N) is 2. The van der Waals surface area contributed by atoms with E-state index in [2.05, 4.69) is 19.8 Å². The Morgan fingerprint density at radius 3 is 2.58 bits per heavy atom. The largest absolute Gasteiger partial charge is 0.439 e. The molecular weight excluding hydrogens is 511 g/mol. The number of anilines is 2. The standard InChI is InChI=1S/C26H23FN6O4S/c1-14-6-4-5-7-23(14)37-24-8-15(2)22(13-29-24)33-26(28)17(12-30-33)25(34)21-10-16-9-20(32-38(3,35)36)18(27)11-19(16)31-21/h4-13,31-32H,28H2,1-3H3. The van der Waals surface area contributed by atoms with Crippen molar-refractivity contribution < 1.29 is 22.3 Å². The van der Waals surface area contributed by atoms with E-state index in [0.717, 1.165) is 23.4 Å². The number of aromatic nitrogens is 4. The Hall–Kier alpha value is -4.71. The normalized spacial score (nSPS) is 11.6. The number of para-hydroxylation sites is 1. The van der Waals surface area contributed by atoms with Gasteiger partial charge in [-0.1, -0.05) is 18.2 Å². The number of fused-ring (bicyclic) bond motifs is 1. The maximum absolute atomic E-state index is 14.4. The second-order valence-electron chi connectivity index (χ2n) is 8.84. The molecule has 2 aromatic carbocycles. The first-order chi connectivity index (χ1) is 18.0. The molecule has 0 unspecified atom stereocenters. The van der Waals surface area contributed by atoms with Gasteiger partial charge in [0.1, 0.15) is 17.4 Å². The summed E-state index contributed by atoms with van der Waals surface area (Å²) in [6.07, 6.45) is 3.82. The fraction of sp³-hybridized carbons (Fsp3) is 0.115. The summed E-state index contributed by atoms with van der Waals surface area (Å²) in [4.78, 5) is 20.5. The molecule has 0 radical (unpaired) electrons. The number of hydrogen-bond acceptors (Lipinski definition) is 7. The topological polar surface area (TPSA) is 145 Å². The third-order valence-electron chi connectivity index (χ3n) is 5.89. The second-order valence-corrected chi connectivity index (χ2v) is 10.6. The molecular formula is C26H23FN6O4S. The molecule has 0 aliphatic carbocycles. The predicted molar refractivity (Wildman–Crippen MR) is 142 cm³/mol. The van der Waals surface area contributed by atoms with Crippen molar-refractivity contribution >= 4 is 38.2 Å². The maximum Gasteiger partial charge on any atom is 0.229 e. The van der Waals surface area contributed by atoms with E-state index in [1.165, 1.54) is 23.0 Å². The van der Waals surface area contributed by atoms with Gasteiger partial charge in [-0.2, -0.15) is 5.10 Å². The van der Waals surface area contributed by atoms with Crippen molar-refractivity contribution in [3.8, 4) is 17.3 Å². The molecule has 10 nitrogen and oxygen atoms in total. The number of aromatic amines is 1. The van der Waals surface area contributed by atoms with Crippen LogP contribution < -0.4 is 15.2 Å². The lowest BCUT2D eigenvalue weighted by Gasteiger charge is -2.11. The molecule has 0 aliphatic rings. The lowest BCUT2D eigenvalue weighted by atomic mass is 10.1. The number of halogens is 1. The van der Waals surface area contributed by atoms with Crippen LogP contribution in [0.25, 0.3) is 16.6 Å². The highest BCUT2D eigenvalue weighted by molar-refractivity contribution is 7.92. The molecule has 0 saturated heterocycles. The fourth-order valence-electron chi connectivity index (χ4n) is 4.01. The predicted octanol–water partition coefficient (Wildman–Crippen LogP) is 4.48. The molecule has 194 valence electrons. The number of benzene rings is 2. The monoisotopic (exact) mass is 534 g/mol. The number of sulfonamides is 1. The Balaban J connectivity index is 1.43. The van der Waals surface area contributed by atoms with Crippen molar-refractivity contribution in [3.05, 3.63) is 89.1 Å². The van der Waals surface area contributed by atoms with Gasteiger partial charge < -0.3 is 15.5 Å². The lowest BCUT2D eigenvalue weighted by molar-refractivity contribution is 0.103. The van der Waals surface area contributed by atoms with Crippen LogP contribution in [0.5, 0.6) is 11.6 Å². The van der Waals surface area contributed by atoms with Crippen LogP contribution in [0, 0.1) is 19.7 Å². The zero-order valence-corrected chi connectivity index (χ0v) is 21.4. The Bertz CT molecular complexity index is 1830. The molecule has 0 saturated carbocycles. The van der Waals surface area contributed by atoms with E-state index in [-0.39, 0.29) is 22.8 Å². The van der Waals surface area contributed by atoms with Gasteiger partial charge in [0, 0.05) is 23.0 Å². The van der Waals surface area contributed by atoms with Crippen LogP contribution in [0.15, 0.2) is 60.9 Å². The van der Waals surface area contributed by atoms with Gasteiger partial charge in [-0.05, 0) is 43.2 Å². The maximum atomic E-state index is 14.4. The minimum atomic E-state index is -3.68. The summed E-state index contributed by atoms with van der Waals surface area (Å²) >= 11 is 0. The number of nitrogen functional groups attached to an aromatic ring is 1. The summed E-state index contributed by atoms with van der Waals surface area (Å²) in [6.45, 7) is 3.79. The van der Waals surface area contributed by atoms with Crippen molar-refractivity contribution in [1.82, 2.24) is 19.7 Å². The van der Waals surface area contributed by atoms with Gasteiger partial charge >= 0.3 is 0 Å². The summed E-state index contributed by atoms with van der Waals surface area (Å²) in [5.74, 6) is -0.0625. The molecule has 38 heavy (non-hydrogen) atoms. The highest BCUT2D eigenvalue weighted by Gasteiger charge is 2.21. The number of aryl methyl sites for hydroxylation is 2. The molecule has 0 aliphatic heterocycles. The van der Waals surface area contributed by atoms with Crippen LogP contribution >= 0.6 is 0 Å². The highest BCUT2D eigenvalue weighted by Crippen LogP contribution is 2.29.